The van der Waals surface area contributed by atoms with E-state index in [0.29, 0.717) is 17.7 Å². The Labute approximate surface area is 179 Å². The minimum atomic E-state index is -4.36. The van der Waals surface area contributed by atoms with E-state index in [1.807, 2.05) is 0 Å². The van der Waals surface area contributed by atoms with Crippen molar-refractivity contribution < 1.29 is 22.8 Å². The number of pyridine rings is 1. The van der Waals surface area contributed by atoms with Crippen LogP contribution in [0.4, 0.5) is 19.0 Å². The number of alkyl halides is 3. The van der Waals surface area contributed by atoms with Crippen molar-refractivity contribution in [2.75, 3.05) is 5.32 Å². The van der Waals surface area contributed by atoms with Crippen molar-refractivity contribution in [3.05, 3.63) is 23.9 Å². The van der Waals surface area contributed by atoms with Crippen molar-refractivity contribution in [1.82, 2.24) is 10.3 Å². The van der Waals surface area contributed by atoms with Crippen molar-refractivity contribution in [3.8, 4) is 0 Å². The van der Waals surface area contributed by atoms with Crippen LogP contribution in [0.3, 0.4) is 0 Å². The molecule has 1 aromatic rings. The summed E-state index contributed by atoms with van der Waals surface area (Å²) in [6.45, 7) is 0. The highest BCUT2D eigenvalue weighted by molar-refractivity contribution is 5.94. The second-order valence-electron chi connectivity index (χ2n) is 9.24. The van der Waals surface area contributed by atoms with Crippen LogP contribution < -0.4 is 16.4 Å². The lowest BCUT2D eigenvalue weighted by atomic mass is 9.89. The molecule has 0 aliphatic heterocycles. The van der Waals surface area contributed by atoms with Crippen LogP contribution in [0.5, 0.6) is 0 Å². The molecule has 1 aromatic heterocycles. The molecule has 9 heteroatoms. The van der Waals surface area contributed by atoms with Gasteiger partial charge < -0.3 is 16.4 Å². The van der Waals surface area contributed by atoms with Crippen molar-refractivity contribution in [1.29, 1.82) is 0 Å². The molecule has 4 rings (SSSR count). The zero-order valence-corrected chi connectivity index (χ0v) is 17.3. The molecule has 2 amide bonds. The first kappa shape index (κ1) is 22.0. The van der Waals surface area contributed by atoms with Gasteiger partial charge in [-0.1, -0.05) is 0 Å². The highest BCUT2D eigenvalue weighted by Gasteiger charge is 2.46. The Morgan fingerprint density at radius 1 is 1.10 bits per heavy atom. The van der Waals surface area contributed by atoms with E-state index in [1.165, 1.54) is 6.20 Å². The number of hydrogen-bond acceptors (Lipinski definition) is 4. The molecule has 170 valence electrons. The number of aromatic nitrogens is 1. The highest BCUT2D eigenvalue weighted by Crippen LogP contribution is 2.50. The van der Waals surface area contributed by atoms with Gasteiger partial charge in [-0.2, -0.15) is 13.2 Å². The maximum absolute atomic E-state index is 12.8. The molecule has 6 nitrogen and oxygen atoms in total. The Bertz CT molecular complexity index is 807. The average Bonchev–Trinajstić information content (AvgIpc) is 3.54. The lowest BCUT2D eigenvalue weighted by Crippen LogP contribution is -2.44. The molecule has 0 bridgehead atoms. The van der Waals surface area contributed by atoms with Gasteiger partial charge in [-0.3, -0.25) is 9.59 Å². The predicted octanol–water partition coefficient (Wildman–Crippen LogP) is 3.69. The maximum atomic E-state index is 12.8. The van der Waals surface area contributed by atoms with Crippen molar-refractivity contribution in [3.63, 3.8) is 0 Å². The van der Waals surface area contributed by atoms with E-state index >= 15 is 0 Å². The van der Waals surface area contributed by atoms with Crippen molar-refractivity contribution in [2.24, 2.45) is 29.4 Å². The van der Waals surface area contributed by atoms with Crippen LogP contribution in [0.1, 0.15) is 63.0 Å². The van der Waals surface area contributed by atoms with Gasteiger partial charge in [0.25, 0.3) is 0 Å². The Balaban J connectivity index is 1.39. The first-order chi connectivity index (χ1) is 14.7. The fraction of sp³-hybridized carbons (Fsp3) is 0.682. The number of hydrogen-bond donors (Lipinski definition) is 3. The van der Waals surface area contributed by atoms with Crippen molar-refractivity contribution in [2.45, 2.75) is 69.6 Å². The van der Waals surface area contributed by atoms with E-state index in [9.17, 15) is 22.8 Å². The Kier molecular flexibility index (Phi) is 6.23. The molecular formula is C22H29F3N4O2. The predicted molar refractivity (Wildman–Crippen MR) is 109 cm³/mol. The molecule has 1 heterocycles. The lowest BCUT2D eigenvalue weighted by Gasteiger charge is -2.23. The van der Waals surface area contributed by atoms with E-state index < -0.39 is 37.0 Å². The van der Waals surface area contributed by atoms with Gasteiger partial charge in [0.05, 0.1) is 18.5 Å². The Morgan fingerprint density at radius 2 is 1.71 bits per heavy atom. The number of anilines is 1. The minimum Gasteiger partial charge on any atom is -0.349 e. The summed E-state index contributed by atoms with van der Waals surface area (Å²) in [7, 11) is 0. The highest BCUT2D eigenvalue weighted by atomic mass is 19.4. The summed E-state index contributed by atoms with van der Waals surface area (Å²) >= 11 is 0. The van der Waals surface area contributed by atoms with E-state index in [-0.39, 0.29) is 17.7 Å². The molecule has 0 aromatic carbocycles. The van der Waals surface area contributed by atoms with Gasteiger partial charge in [-0.05, 0) is 79.9 Å². The second-order valence-corrected chi connectivity index (χ2v) is 9.24. The largest absolute Gasteiger partial charge is 0.389 e. The normalized spacial score (nSPS) is 20.9. The smallest absolute Gasteiger partial charge is 0.349 e. The molecule has 4 N–H and O–H groups in total. The van der Waals surface area contributed by atoms with Crippen LogP contribution in [0.2, 0.25) is 0 Å². The monoisotopic (exact) mass is 438 g/mol. The third-order valence-corrected chi connectivity index (χ3v) is 6.49. The van der Waals surface area contributed by atoms with E-state index in [1.54, 1.807) is 12.1 Å². The third kappa shape index (κ3) is 6.18. The number of nitrogens with one attached hydrogen (secondary N) is 2. The molecule has 3 fully saturated rings. The zero-order chi connectivity index (χ0) is 22.2. The summed E-state index contributed by atoms with van der Waals surface area (Å²) in [6.07, 6.45) is 1.74. The summed E-state index contributed by atoms with van der Waals surface area (Å²) in [5, 5.41) is 5.54. The van der Waals surface area contributed by atoms with Crippen LogP contribution in [0.25, 0.3) is 0 Å². The molecule has 31 heavy (non-hydrogen) atoms. The molecule has 0 spiro atoms. The van der Waals surface area contributed by atoms with Crippen LogP contribution in [0.15, 0.2) is 18.3 Å². The van der Waals surface area contributed by atoms with Gasteiger partial charge in [0.2, 0.25) is 11.8 Å². The molecule has 3 aliphatic rings. The van der Waals surface area contributed by atoms with E-state index in [4.69, 9.17) is 5.73 Å². The number of halogens is 3. The first-order valence-corrected chi connectivity index (χ1v) is 11.1. The third-order valence-electron chi connectivity index (χ3n) is 6.49. The standard InChI is InChI=1S/C22H29F3N4O2/c23-22(24,25)9-7-17(30)29-20(14-5-6-14)15-8-10-27-16(11-15)28-21(31)19(26)18(12-1-2-12)13-3-4-13/h8,10-14,18-20H,1-7,9,26H2,(H,29,30)(H,27,28,31)/t19-,20?/m0/s1. The van der Waals surface area contributed by atoms with E-state index in [2.05, 4.69) is 15.6 Å². The molecule has 0 radical (unpaired) electrons. The van der Waals surface area contributed by atoms with Crippen LogP contribution >= 0.6 is 0 Å². The molecule has 1 unspecified atom stereocenters. The minimum absolute atomic E-state index is 0.178. The summed E-state index contributed by atoms with van der Waals surface area (Å²) in [5.41, 5.74) is 7.02. The van der Waals surface area contributed by atoms with Gasteiger partial charge in [0.15, 0.2) is 0 Å². The number of rotatable bonds is 10. The second kappa shape index (κ2) is 8.76. The fourth-order valence-electron chi connectivity index (χ4n) is 4.43. The fourth-order valence-corrected chi connectivity index (χ4v) is 4.43. The number of nitrogens with zero attached hydrogens (tertiary/aromatic N) is 1. The van der Waals surface area contributed by atoms with Crippen LogP contribution in [-0.4, -0.2) is 29.0 Å². The molecular weight excluding hydrogens is 409 g/mol. The summed E-state index contributed by atoms with van der Waals surface area (Å²) in [6, 6.07) is 2.44. The first-order valence-electron chi connectivity index (χ1n) is 11.1. The summed E-state index contributed by atoms with van der Waals surface area (Å²) < 4.78 is 37.2. The average molecular weight is 438 g/mol. The number of carbonyl (C=O) groups is 2. The summed E-state index contributed by atoms with van der Waals surface area (Å²) in [5.74, 6) is 0.935. The lowest BCUT2D eigenvalue weighted by molar-refractivity contribution is -0.144. The molecule has 0 saturated heterocycles. The van der Waals surface area contributed by atoms with E-state index in [0.717, 1.165) is 44.1 Å². The van der Waals surface area contributed by atoms with Gasteiger partial charge in [0.1, 0.15) is 5.82 Å². The van der Waals surface area contributed by atoms with Crippen molar-refractivity contribution >= 4 is 17.6 Å². The number of amides is 2. The SMILES string of the molecule is N[C@H](C(=O)Nc1cc(C(NC(=O)CCC(F)(F)F)C2CC2)ccn1)C(C1CC1)C1CC1. The Hall–Kier alpha value is -2.16. The summed E-state index contributed by atoms with van der Waals surface area (Å²) in [4.78, 5) is 29.0. The molecule has 3 aliphatic carbocycles. The topological polar surface area (TPSA) is 97.1 Å². The molecule has 3 saturated carbocycles. The van der Waals surface area contributed by atoms with Crippen LogP contribution in [0, 0.1) is 23.7 Å². The maximum Gasteiger partial charge on any atom is 0.389 e. The van der Waals surface area contributed by atoms with Crippen LogP contribution in [-0.2, 0) is 9.59 Å². The Morgan fingerprint density at radius 3 is 2.26 bits per heavy atom. The zero-order valence-electron chi connectivity index (χ0n) is 17.3. The van der Waals surface area contributed by atoms with Gasteiger partial charge in [-0.15, -0.1) is 0 Å². The number of nitrogens with two attached hydrogens (primary N) is 1. The quantitative estimate of drug-likeness (QED) is 0.519. The van der Waals surface area contributed by atoms with Gasteiger partial charge in [0, 0.05) is 12.6 Å². The van der Waals surface area contributed by atoms with Gasteiger partial charge in [-0.25, -0.2) is 4.98 Å². The molecule has 2 atom stereocenters. The van der Waals surface area contributed by atoms with Gasteiger partial charge >= 0.3 is 6.18 Å². The number of carbonyl (C=O) groups excluding carboxylic acids is 2.